The van der Waals surface area contributed by atoms with Crippen LogP contribution >= 0.6 is 22.7 Å². The zero-order chi connectivity index (χ0) is 18.1. The quantitative estimate of drug-likeness (QED) is 0.571. The zero-order valence-corrected chi connectivity index (χ0v) is 15.9. The molecule has 26 heavy (non-hydrogen) atoms. The maximum atomic E-state index is 12.5. The Balaban J connectivity index is 1.48. The van der Waals surface area contributed by atoms with Gasteiger partial charge in [-0.1, -0.05) is 0 Å². The lowest BCUT2D eigenvalue weighted by Gasteiger charge is -2.01. The van der Waals surface area contributed by atoms with Crippen molar-refractivity contribution in [1.82, 2.24) is 20.5 Å². The van der Waals surface area contributed by atoms with Crippen LogP contribution in [0.4, 0.5) is 0 Å². The van der Waals surface area contributed by atoms with E-state index >= 15 is 0 Å². The number of aryl methyl sites for hydroxylation is 2. The predicted molar refractivity (Wildman–Crippen MR) is 106 cm³/mol. The first kappa shape index (κ1) is 16.8. The van der Waals surface area contributed by atoms with Crippen LogP contribution < -0.4 is 5.32 Å². The van der Waals surface area contributed by atoms with E-state index in [1.165, 1.54) is 16.9 Å². The van der Waals surface area contributed by atoms with Crippen LogP contribution in [0, 0.1) is 13.8 Å². The Labute approximate surface area is 158 Å². The van der Waals surface area contributed by atoms with Crippen molar-refractivity contribution in [2.24, 2.45) is 0 Å². The molecular weight excluding hydrogens is 364 g/mol. The molecule has 130 valence electrons. The number of carbonyl (C=O) groups is 1. The lowest BCUT2D eigenvalue weighted by atomic mass is 10.1. The fourth-order valence-corrected chi connectivity index (χ4v) is 4.56. The maximum Gasteiger partial charge on any atom is 0.261 e. The Kier molecular flexibility index (Phi) is 4.48. The van der Waals surface area contributed by atoms with Gasteiger partial charge in [0.05, 0.1) is 23.8 Å². The van der Waals surface area contributed by atoms with Crippen molar-refractivity contribution in [1.29, 1.82) is 0 Å². The molecule has 1 amide bonds. The number of hydrogen-bond acceptors (Lipinski definition) is 6. The summed E-state index contributed by atoms with van der Waals surface area (Å²) in [6, 6.07) is 7.93. The third kappa shape index (κ3) is 3.23. The molecule has 0 atom stereocenters. The number of nitrogens with zero attached hydrogens (tertiary/aromatic N) is 3. The van der Waals surface area contributed by atoms with Crippen LogP contribution in [0.1, 0.15) is 25.7 Å². The number of pyridine rings is 1. The first-order valence-corrected chi connectivity index (χ1v) is 9.75. The van der Waals surface area contributed by atoms with Gasteiger partial charge in [-0.15, -0.1) is 22.7 Å². The van der Waals surface area contributed by atoms with Gasteiger partial charge in [0.1, 0.15) is 4.83 Å². The van der Waals surface area contributed by atoms with Crippen molar-refractivity contribution in [2.45, 2.75) is 20.4 Å². The van der Waals surface area contributed by atoms with Gasteiger partial charge in [-0.25, -0.2) is 4.98 Å². The molecule has 4 aromatic heterocycles. The minimum atomic E-state index is -0.0643. The summed E-state index contributed by atoms with van der Waals surface area (Å²) in [6.07, 6.45) is 5.27. The van der Waals surface area contributed by atoms with E-state index < -0.39 is 0 Å². The molecule has 4 rings (SSSR count). The Morgan fingerprint density at radius 1 is 1.12 bits per heavy atom. The second kappa shape index (κ2) is 6.93. The molecule has 0 spiro atoms. The average Bonchev–Trinajstić information content (AvgIpc) is 3.31. The van der Waals surface area contributed by atoms with E-state index in [0.717, 1.165) is 31.1 Å². The van der Waals surface area contributed by atoms with Gasteiger partial charge in [-0.05, 0) is 49.2 Å². The number of nitrogens with one attached hydrogen (secondary N) is 1. The van der Waals surface area contributed by atoms with Crippen LogP contribution in [-0.2, 0) is 6.54 Å². The van der Waals surface area contributed by atoms with Gasteiger partial charge in [0.15, 0.2) is 0 Å². The predicted octanol–water partition coefficient (Wildman–Crippen LogP) is 4.36. The van der Waals surface area contributed by atoms with E-state index in [9.17, 15) is 4.79 Å². The van der Waals surface area contributed by atoms with Crippen LogP contribution in [0.3, 0.4) is 0 Å². The Hall–Kier alpha value is -2.64. The van der Waals surface area contributed by atoms with E-state index in [1.807, 2.05) is 37.4 Å². The van der Waals surface area contributed by atoms with Gasteiger partial charge in [0.25, 0.3) is 5.91 Å². The number of thiophene rings is 2. The van der Waals surface area contributed by atoms with E-state index in [4.69, 9.17) is 0 Å². The molecule has 5 nitrogen and oxygen atoms in total. The second-order valence-corrected chi connectivity index (χ2v) is 8.17. The number of rotatable bonds is 4. The van der Waals surface area contributed by atoms with E-state index in [0.29, 0.717) is 11.4 Å². The SMILES string of the molecule is Cc1cnc2sc(C(=O)NCc3ccc(-c4ccnnc4)s3)cc2c1C. The lowest BCUT2D eigenvalue weighted by Crippen LogP contribution is -2.21. The molecule has 0 aliphatic rings. The molecule has 0 aliphatic carbocycles. The Morgan fingerprint density at radius 2 is 2.00 bits per heavy atom. The van der Waals surface area contributed by atoms with E-state index in [2.05, 4.69) is 27.4 Å². The standard InChI is InChI=1S/C19H16N4OS2/c1-11-8-21-19-15(12(11)2)7-17(26-19)18(24)20-10-14-3-4-16(25-14)13-5-6-22-23-9-13/h3-9H,10H2,1-2H3,(H,20,24). The normalized spacial score (nSPS) is 11.0. The third-order valence-electron chi connectivity index (χ3n) is 4.26. The van der Waals surface area contributed by atoms with Crippen molar-refractivity contribution in [3.05, 3.63) is 63.7 Å². The number of carbonyl (C=O) groups excluding carboxylic acids is 1. The van der Waals surface area contributed by atoms with Crippen LogP contribution in [0.5, 0.6) is 0 Å². The fourth-order valence-electron chi connectivity index (χ4n) is 2.64. The smallest absolute Gasteiger partial charge is 0.261 e. The molecule has 0 fully saturated rings. The molecule has 0 saturated carbocycles. The van der Waals surface area contributed by atoms with Crippen molar-refractivity contribution in [3.8, 4) is 10.4 Å². The first-order valence-electron chi connectivity index (χ1n) is 8.11. The largest absolute Gasteiger partial charge is 0.346 e. The van der Waals surface area contributed by atoms with Crippen molar-refractivity contribution < 1.29 is 4.79 Å². The Bertz CT molecular complexity index is 1090. The Morgan fingerprint density at radius 3 is 2.81 bits per heavy atom. The van der Waals surface area contributed by atoms with E-state index in [1.54, 1.807) is 23.7 Å². The monoisotopic (exact) mass is 380 g/mol. The molecule has 4 aromatic rings. The molecular formula is C19H16N4OS2. The van der Waals surface area contributed by atoms with Gasteiger partial charge < -0.3 is 5.32 Å². The summed E-state index contributed by atoms with van der Waals surface area (Å²) in [4.78, 5) is 20.7. The highest BCUT2D eigenvalue weighted by Crippen LogP contribution is 2.29. The average molecular weight is 380 g/mol. The maximum absolute atomic E-state index is 12.5. The summed E-state index contributed by atoms with van der Waals surface area (Å²) in [7, 11) is 0. The van der Waals surface area contributed by atoms with Gasteiger partial charge in [0, 0.05) is 26.9 Å². The van der Waals surface area contributed by atoms with Crippen LogP contribution in [0.2, 0.25) is 0 Å². The summed E-state index contributed by atoms with van der Waals surface area (Å²) in [6.45, 7) is 4.60. The number of fused-ring (bicyclic) bond motifs is 1. The van der Waals surface area contributed by atoms with Crippen molar-refractivity contribution in [2.75, 3.05) is 0 Å². The second-order valence-electron chi connectivity index (χ2n) is 5.98. The van der Waals surface area contributed by atoms with Crippen LogP contribution in [0.15, 0.2) is 42.9 Å². The minimum Gasteiger partial charge on any atom is -0.346 e. The molecule has 0 aliphatic heterocycles. The minimum absolute atomic E-state index is 0.0643. The molecule has 0 aromatic carbocycles. The van der Waals surface area contributed by atoms with Gasteiger partial charge in [-0.2, -0.15) is 10.2 Å². The highest BCUT2D eigenvalue weighted by atomic mass is 32.1. The molecule has 1 N–H and O–H groups in total. The summed E-state index contributed by atoms with van der Waals surface area (Å²) in [5.41, 5.74) is 3.35. The number of aromatic nitrogens is 3. The van der Waals surface area contributed by atoms with Crippen molar-refractivity contribution in [3.63, 3.8) is 0 Å². The van der Waals surface area contributed by atoms with Crippen LogP contribution in [-0.4, -0.2) is 21.1 Å². The first-order chi connectivity index (χ1) is 12.6. The molecule has 7 heteroatoms. The number of amides is 1. The summed E-state index contributed by atoms with van der Waals surface area (Å²) >= 11 is 3.07. The molecule has 0 radical (unpaired) electrons. The molecule has 4 heterocycles. The topological polar surface area (TPSA) is 67.8 Å². The molecule has 0 unspecified atom stereocenters. The molecule has 0 saturated heterocycles. The van der Waals surface area contributed by atoms with E-state index in [-0.39, 0.29) is 5.91 Å². The highest BCUT2D eigenvalue weighted by molar-refractivity contribution is 7.20. The molecule has 0 bridgehead atoms. The summed E-state index contributed by atoms with van der Waals surface area (Å²) < 4.78 is 0. The van der Waals surface area contributed by atoms with Gasteiger partial charge in [-0.3, -0.25) is 4.79 Å². The van der Waals surface area contributed by atoms with Crippen molar-refractivity contribution >= 4 is 38.8 Å². The summed E-state index contributed by atoms with van der Waals surface area (Å²) in [5, 5.41) is 11.8. The van der Waals surface area contributed by atoms with Crippen LogP contribution in [0.25, 0.3) is 20.7 Å². The third-order valence-corrected chi connectivity index (χ3v) is 6.44. The zero-order valence-electron chi connectivity index (χ0n) is 14.3. The highest BCUT2D eigenvalue weighted by Gasteiger charge is 2.13. The fraction of sp³-hybridized carbons (Fsp3) is 0.158. The van der Waals surface area contributed by atoms with Gasteiger partial charge >= 0.3 is 0 Å². The lowest BCUT2D eigenvalue weighted by molar-refractivity contribution is 0.0955. The van der Waals surface area contributed by atoms with Gasteiger partial charge in [0.2, 0.25) is 0 Å². The number of hydrogen-bond donors (Lipinski definition) is 1. The summed E-state index contributed by atoms with van der Waals surface area (Å²) in [5.74, 6) is -0.0643.